The van der Waals surface area contributed by atoms with E-state index in [0.29, 0.717) is 6.42 Å². The summed E-state index contributed by atoms with van der Waals surface area (Å²) in [5.74, 6) is -4.43. The Labute approximate surface area is 307 Å². The molecule has 52 heavy (non-hydrogen) atoms. The minimum absolute atomic E-state index is 0.141. The summed E-state index contributed by atoms with van der Waals surface area (Å²) in [4.78, 5) is 49.6. The molecule has 0 amide bonds. The lowest BCUT2D eigenvalue weighted by Crippen LogP contribution is -2.57. The van der Waals surface area contributed by atoms with Crippen LogP contribution in [0.25, 0.3) is 0 Å². The predicted molar refractivity (Wildman–Crippen MR) is 185 cm³/mol. The topological polar surface area (TPSA) is 213 Å². The molecule has 0 unspecified atom stereocenters. The Balaban J connectivity index is 1.80. The Hall–Kier alpha value is -1.11. The van der Waals surface area contributed by atoms with Crippen LogP contribution >= 0.6 is 7.82 Å². The Morgan fingerprint density at radius 2 is 1.46 bits per heavy atom. The second-order valence-corrected chi connectivity index (χ2v) is 17.1. The highest BCUT2D eigenvalue weighted by Gasteiger charge is 2.57. The van der Waals surface area contributed by atoms with Crippen molar-refractivity contribution in [1.82, 2.24) is 4.90 Å². The lowest BCUT2D eigenvalue weighted by molar-refractivity contribution is -0.297. The average Bonchev–Trinajstić information content (AvgIpc) is 3.85. The van der Waals surface area contributed by atoms with Crippen molar-refractivity contribution in [2.45, 2.75) is 154 Å². The van der Waals surface area contributed by atoms with Crippen LogP contribution in [-0.2, 0) is 51.8 Å². The normalized spacial score (nSPS) is 47.3. The number of epoxide rings is 1. The molecular weight excluding hydrogens is 705 g/mol. The lowest BCUT2D eigenvalue weighted by atomic mass is 9.76. The molecule has 4 fully saturated rings. The summed E-state index contributed by atoms with van der Waals surface area (Å²) in [5, 5.41) is 21.9. The third kappa shape index (κ3) is 10.00. The maximum atomic E-state index is 14.0. The Bertz CT molecular complexity index is 1260. The molecule has 4 aliphatic heterocycles. The molecule has 4 aliphatic rings. The van der Waals surface area contributed by atoms with Crippen LogP contribution in [0.1, 0.15) is 74.7 Å². The smallest absolute Gasteiger partial charge is 0.462 e. The average molecular weight is 768 g/mol. The zero-order valence-corrected chi connectivity index (χ0v) is 33.2. The summed E-state index contributed by atoms with van der Waals surface area (Å²) in [6, 6.07) is -0.508. The van der Waals surface area contributed by atoms with Gasteiger partial charge in [-0.3, -0.25) is 14.1 Å². The summed E-state index contributed by atoms with van der Waals surface area (Å²) >= 11 is 0. The molecular formula is C35H62NO15P. The highest BCUT2D eigenvalue weighted by molar-refractivity contribution is 7.46. The third-order valence-electron chi connectivity index (χ3n) is 11.6. The number of hydrogen-bond donors (Lipinski definition) is 4. The van der Waals surface area contributed by atoms with E-state index in [-0.39, 0.29) is 31.3 Å². The van der Waals surface area contributed by atoms with Crippen LogP contribution in [-0.4, -0.2) is 144 Å². The second kappa shape index (κ2) is 17.4. The summed E-state index contributed by atoms with van der Waals surface area (Å²) in [6.45, 7) is 14.0. The van der Waals surface area contributed by atoms with E-state index in [1.807, 2.05) is 20.8 Å². The van der Waals surface area contributed by atoms with Crippen LogP contribution in [0.4, 0.5) is 0 Å². The Morgan fingerprint density at radius 3 is 2.02 bits per heavy atom. The molecule has 0 aromatic rings. The molecule has 302 valence electrons. The summed E-state index contributed by atoms with van der Waals surface area (Å²) < 4.78 is 60.6. The minimum Gasteiger partial charge on any atom is -0.462 e. The van der Waals surface area contributed by atoms with Crippen LogP contribution < -0.4 is 0 Å². The number of hydrogen-bond acceptors (Lipinski definition) is 14. The number of cyclic esters (lactones) is 1. The van der Waals surface area contributed by atoms with Crippen LogP contribution in [0.15, 0.2) is 0 Å². The number of ketones is 1. The number of carbonyl (C=O) groups excluding carboxylic acids is 2. The summed E-state index contributed by atoms with van der Waals surface area (Å²) in [7, 11) is -0.00457. The summed E-state index contributed by atoms with van der Waals surface area (Å²) in [6.07, 6.45) is -9.01. The van der Waals surface area contributed by atoms with Gasteiger partial charge in [-0.1, -0.05) is 27.7 Å². The molecule has 0 saturated carbocycles. The van der Waals surface area contributed by atoms with Crippen LogP contribution in [0.3, 0.4) is 0 Å². The fraction of sp³-hybridized carbons (Fsp3) is 0.943. The van der Waals surface area contributed by atoms with Gasteiger partial charge in [-0.25, -0.2) is 4.57 Å². The number of aliphatic hydroxyl groups excluding tert-OH is 2. The first kappa shape index (κ1) is 43.6. The maximum Gasteiger partial charge on any atom is 0.470 e. The van der Waals surface area contributed by atoms with E-state index in [1.54, 1.807) is 53.6 Å². The number of ether oxygens (including phenoxy) is 7. The highest BCUT2D eigenvalue weighted by Crippen LogP contribution is 2.46. The van der Waals surface area contributed by atoms with Crippen molar-refractivity contribution in [2.75, 3.05) is 27.8 Å². The van der Waals surface area contributed by atoms with Gasteiger partial charge in [0.2, 0.25) is 0 Å². The molecule has 1 spiro atoms. The van der Waals surface area contributed by atoms with Crippen LogP contribution in [0, 0.1) is 29.6 Å². The number of phosphoric acid groups is 1. The van der Waals surface area contributed by atoms with Crippen molar-refractivity contribution >= 4 is 19.6 Å². The largest absolute Gasteiger partial charge is 0.470 e. The van der Waals surface area contributed by atoms with Gasteiger partial charge in [0.1, 0.15) is 18.3 Å². The van der Waals surface area contributed by atoms with E-state index in [1.165, 1.54) is 7.11 Å². The summed E-state index contributed by atoms with van der Waals surface area (Å²) in [5.41, 5.74) is -1.20. The molecule has 4 N–H and O–H groups in total. The predicted octanol–water partition coefficient (Wildman–Crippen LogP) is 2.03. The first-order valence-corrected chi connectivity index (χ1v) is 19.9. The zero-order chi connectivity index (χ0) is 39.0. The van der Waals surface area contributed by atoms with Gasteiger partial charge >= 0.3 is 13.8 Å². The van der Waals surface area contributed by atoms with Gasteiger partial charge in [0, 0.05) is 37.3 Å². The molecule has 18 atom stereocenters. The first-order valence-electron chi connectivity index (χ1n) is 18.4. The number of esters is 1. The molecule has 4 rings (SSSR count). The zero-order valence-electron chi connectivity index (χ0n) is 32.3. The molecule has 4 heterocycles. The molecule has 0 aromatic carbocycles. The number of aliphatic hydroxyl groups is 2. The van der Waals surface area contributed by atoms with Crippen LogP contribution in [0.5, 0.6) is 0 Å². The molecule has 0 bridgehead atoms. The number of methoxy groups -OCH3 is 1. The maximum absolute atomic E-state index is 14.0. The third-order valence-corrected chi connectivity index (χ3v) is 12.1. The van der Waals surface area contributed by atoms with Crippen LogP contribution in [0.2, 0.25) is 0 Å². The van der Waals surface area contributed by atoms with Crippen molar-refractivity contribution in [3.8, 4) is 0 Å². The number of Topliss-reactive ketones (excluding diaryl/α,β-unsaturated/α-hetero) is 1. The Morgan fingerprint density at radius 1 is 0.827 bits per heavy atom. The van der Waals surface area contributed by atoms with E-state index in [9.17, 15) is 34.2 Å². The highest BCUT2D eigenvalue weighted by atomic mass is 31.2. The van der Waals surface area contributed by atoms with Gasteiger partial charge in [-0.05, 0) is 60.5 Å². The number of likely N-dealkylation sites (N-methyl/N-ethyl adjacent to an activating group) is 1. The van der Waals surface area contributed by atoms with Crippen molar-refractivity contribution in [1.29, 1.82) is 0 Å². The molecule has 16 nitrogen and oxygen atoms in total. The van der Waals surface area contributed by atoms with Crippen molar-refractivity contribution < 1.29 is 71.8 Å². The van der Waals surface area contributed by atoms with Gasteiger partial charge in [-0.15, -0.1) is 0 Å². The van der Waals surface area contributed by atoms with E-state index < -0.39 is 116 Å². The van der Waals surface area contributed by atoms with Crippen molar-refractivity contribution in [3.05, 3.63) is 0 Å². The monoisotopic (exact) mass is 767 g/mol. The fourth-order valence-electron chi connectivity index (χ4n) is 8.15. The first-order chi connectivity index (χ1) is 24.1. The molecule has 17 heteroatoms. The number of phosphoric ester groups is 1. The molecule has 0 aliphatic carbocycles. The molecule has 4 saturated heterocycles. The fourth-order valence-corrected chi connectivity index (χ4v) is 8.71. The van der Waals surface area contributed by atoms with E-state index in [4.69, 9.17) is 37.7 Å². The van der Waals surface area contributed by atoms with E-state index in [2.05, 4.69) is 0 Å². The van der Waals surface area contributed by atoms with E-state index in [0.717, 1.165) is 0 Å². The van der Waals surface area contributed by atoms with E-state index >= 15 is 0 Å². The van der Waals surface area contributed by atoms with Crippen molar-refractivity contribution in [2.24, 2.45) is 29.6 Å². The van der Waals surface area contributed by atoms with Gasteiger partial charge in [0.05, 0.1) is 49.1 Å². The molecule has 0 aromatic heterocycles. The lowest BCUT2D eigenvalue weighted by Gasteiger charge is -2.47. The number of rotatable bonds is 8. The second-order valence-electron chi connectivity index (χ2n) is 15.9. The minimum atomic E-state index is -5.03. The number of nitrogens with zero attached hydrogens (tertiary/aromatic N) is 1. The van der Waals surface area contributed by atoms with Gasteiger partial charge in [-0.2, -0.15) is 0 Å². The Kier molecular flexibility index (Phi) is 14.6. The van der Waals surface area contributed by atoms with Gasteiger partial charge in [0.25, 0.3) is 0 Å². The number of carbonyl (C=O) groups is 2. The molecule has 0 radical (unpaired) electrons. The quantitative estimate of drug-likeness (QED) is 0.158. The van der Waals surface area contributed by atoms with Gasteiger partial charge in [0.15, 0.2) is 24.0 Å². The SMILES string of the molecule is CO[C@H]1C[C@H](O[C@H]2[C@H](C)[C@@H](O[C@@H]3O[C@H](C)C[C@H](N(C)C)[C@H]3OP(=O)(O)O)[C@@H](C)C[C@@]3(CO3)C(=O)[C@H](C)[C@@H](O)[C@@H](C)[C@@H](C)OC(=O)[C@@H]2C)O[C@@H](C)[C@@H]1O. The standard InChI is InChI=1S/C35H62NO15P/c1-16-14-35(15-45-35)32(39)19(4)27(37)18(3)22(7)48-33(40)21(6)30(49-26-13-25(44-11)28(38)23(8)47-26)20(5)29(16)50-34-31(51-52(41,42)43)24(36(9)10)12-17(2)46-34/h16-31,34,37-38H,12-15H2,1-11H3,(H2,41,42,43)/t16-,17+,18-,19+,20+,21+,22+,23-,24-,25-,26-,27-,28-,29-,30-,31+,34-,35+/m0/s1. The van der Waals surface area contributed by atoms with Gasteiger partial charge < -0.3 is 58.1 Å². The van der Waals surface area contributed by atoms with Crippen molar-refractivity contribution in [3.63, 3.8) is 0 Å².